The summed E-state index contributed by atoms with van der Waals surface area (Å²) in [4.78, 5) is 19.7. The van der Waals surface area contributed by atoms with Crippen LogP contribution in [0.4, 0.5) is 11.4 Å². The van der Waals surface area contributed by atoms with Crippen molar-refractivity contribution in [3.63, 3.8) is 0 Å². The van der Waals surface area contributed by atoms with Crippen molar-refractivity contribution in [2.24, 2.45) is 9.98 Å². The van der Waals surface area contributed by atoms with Crippen molar-refractivity contribution in [2.45, 2.75) is 6.61 Å². The Labute approximate surface area is 223 Å². The number of carbonyl (C=O) groups is 1. The van der Waals surface area contributed by atoms with Gasteiger partial charge in [0.25, 0.3) is 0 Å². The number of carbonyl (C=O) groups excluding carboxylic acids is 1. The van der Waals surface area contributed by atoms with E-state index in [-0.39, 0.29) is 29.1 Å². The Morgan fingerprint density at radius 2 is 1.74 bits per heavy atom. The minimum atomic E-state index is -0.419. The number of halogens is 4. The molecular formula is C23H22Cl4N4O4. The lowest BCUT2D eigenvalue weighted by atomic mass is 10.2. The summed E-state index contributed by atoms with van der Waals surface area (Å²) in [6, 6.07) is 4.66. The van der Waals surface area contributed by atoms with Gasteiger partial charge in [-0.2, -0.15) is 0 Å². The summed E-state index contributed by atoms with van der Waals surface area (Å²) in [6.45, 7) is 6.91. The Hall–Kier alpha value is -2.91. The molecule has 0 spiro atoms. The highest BCUT2D eigenvalue weighted by Crippen LogP contribution is 2.41. The molecule has 186 valence electrons. The van der Waals surface area contributed by atoms with E-state index >= 15 is 0 Å². The summed E-state index contributed by atoms with van der Waals surface area (Å²) >= 11 is 25.1. The lowest BCUT2D eigenvalue weighted by Gasteiger charge is -2.15. The molecule has 0 unspecified atom stereocenters. The number of amides is 1. The second-order valence-electron chi connectivity index (χ2n) is 6.54. The van der Waals surface area contributed by atoms with Gasteiger partial charge in [-0.3, -0.25) is 14.8 Å². The maximum absolute atomic E-state index is 11.7. The largest absolute Gasteiger partial charge is 0.495 e. The van der Waals surface area contributed by atoms with Crippen LogP contribution in [0.25, 0.3) is 0 Å². The Bertz CT molecular complexity index is 1140. The minimum absolute atomic E-state index is 0.0211. The number of allylic oxidation sites excluding steroid dienone is 1. The molecule has 0 saturated carbocycles. The van der Waals surface area contributed by atoms with Crippen molar-refractivity contribution in [1.82, 2.24) is 0 Å². The third-order valence-electron chi connectivity index (χ3n) is 4.33. The summed E-state index contributed by atoms with van der Waals surface area (Å²) in [5, 5.41) is 6.87. The molecular weight excluding hydrogens is 538 g/mol. The first-order valence-corrected chi connectivity index (χ1v) is 11.3. The zero-order chi connectivity index (χ0) is 26.0. The number of methoxy groups -OCH3 is 2. The number of benzene rings is 2. The molecule has 0 radical (unpaired) electrons. The van der Waals surface area contributed by atoms with Crippen LogP contribution in [0.3, 0.4) is 0 Å². The molecule has 2 aromatic rings. The number of nitrogens with zero attached hydrogens (tertiary/aromatic N) is 2. The molecule has 0 aliphatic rings. The highest BCUT2D eigenvalue weighted by atomic mass is 35.5. The number of hydrogen-bond donors (Lipinski definition) is 2. The first-order valence-electron chi connectivity index (χ1n) is 9.79. The Kier molecular flexibility index (Phi) is 11.2. The second-order valence-corrected chi connectivity index (χ2v) is 8.14. The van der Waals surface area contributed by atoms with E-state index in [1.807, 2.05) is 0 Å². The van der Waals surface area contributed by atoms with E-state index in [2.05, 4.69) is 33.9 Å². The molecule has 2 N–H and O–H groups in total. The molecule has 0 saturated heterocycles. The summed E-state index contributed by atoms with van der Waals surface area (Å²) in [5.74, 6) is 0.627. The molecule has 0 aromatic heterocycles. The minimum Gasteiger partial charge on any atom is -0.495 e. The van der Waals surface area contributed by atoms with Gasteiger partial charge in [0.1, 0.15) is 24.8 Å². The molecule has 0 aliphatic heterocycles. The van der Waals surface area contributed by atoms with Crippen molar-refractivity contribution in [3.05, 3.63) is 68.5 Å². The van der Waals surface area contributed by atoms with Gasteiger partial charge < -0.3 is 24.8 Å². The highest BCUT2D eigenvalue weighted by molar-refractivity contribution is 6.38. The highest BCUT2D eigenvalue weighted by Gasteiger charge is 2.18. The van der Waals surface area contributed by atoms with Gasteiger partial charge in [0.05, 0.1) is 53.1 Å². The van der Waals surface area contributed by atoms with Gasteiger partial charge >= 0.3 is 0 Å². The monoisotopic (exact) mass is 558 g/mol. The molecule has 2 rings (SSSR count). The number of nitrogens with one attached hydrogen (secondary N) is 2. The first kappa shape index (κ1) is 28.3. The van der Waals surface area contributed by atoms with Gasteiger partial charge in [0.15, 0.2) is 5.76 Å². The van der Waals surface area contributed by atoms with Crippen LogP contribution < -0.4 is 20.1 Å². The Balaban J connectivity index is 2.14. The van der Waals surface area contributed by atoms with Gasteiger partial charge in [-0.15, -0.1) is 0 Å². The molecule has 0 aliphatic carbocycles. The predicted molar refractivity (Wildman–Crippen MR) is 144 cm³/mol. The van der Waals surface area contributed by atoms with Crippen molar-refractivity contribution in [2.75, 3.05) is 31.5 Å². The van der Waals surface area contributed by atoms with E-state index in [0.29, 0.717) is 38.5 Å². The molecule has 8 nitrogen and oxygen atoms in total. The van der Waals surface area contributed by atoms with Gasteiger partial charge in [-0.05, 0) is 24.9 Å². The number of anilines is 2. The van der Waals surface area contributed by atoms with E-state index in [4.69, 9.17) is 60.6 Å². The predicted octanol–water partition coefficient (Wildman–Crippen LogP) is 6.64. The van der Waals surface area contributed by atoms with Crippen LogP contribution in [0, 0.1) is 0 Å². The maximum Gasteiger partial charge on any atom is 0.247 e. The van der Waals surface area contributed by atoms with Crippen LogP contribution in [0.1, 0.15) is 5.56 Å². The Morgan fingerprint density at radius 1 is 1.09 bits per heavy atom. The van der Waals surface area contributed by atoms with E-state index < -0.39 is 5.91 Å². The molecule has 0 heterocycles. The number of rotatable bonds is 12. The van der Waals surface area contributed by atoms with Crippen LogP contribution in [0.2, 0.25) is 20.1 Å². The third-order valence-corrected chi connectivity index (χ3v) is 5.68. The second kappa shape index (κ2) is 13.8. The molecule has 1 amide bonds. The van der Waals surface area contributed by atoms with E-state index in [0.717, 1.165) is 6.08 Å². The third kappa shape index (κ3) is 7.80. The normalized spacial score (nSPS) is 11.2. The fourth-order valence-corrected chi connectivity index (χ4v) is 3.88. The van der Waals surface area contributed by atoms with Gasteiger partial charge in [-0.25, -0.2) is 0 Å². The van der Waals surface area contributed by atoms with Gasteiger partial charge in [-0.1, -0.05) is 53.0 Å². The summed E-state index contributed by atoms with van der Waals surface area (Å²) in [5.41, 5.74) is 1.26. The maximum atomic E-state index is 11.7. The lowest BCUT2D eigenvalue weighted by molar-refractivity contribution is -0.111. The number of ether oxygens (including phenoxy) is 3. The fraction of sp³-hybridized carbons (Fsp3) is 0.174. The van der Waals surface area contributed by atoms with Crippen LogP contribution in [-0.4, -0.2) is 39.7 Å². The molecule has 35 heavy (non-hydrogen) atoms. The van der Waals surface area contributed by atoms with E-state index in [1.54, 1.807) is 12.1 Å². The summed E-state index contributed by atoms with van der Waals surface area (Å²) in [6.07, 6.45) is 3.92. The van der Waals surface area contributed by atoms with Crippen LogP contribution in [-0.2, 0) is 16.1 Å². The molecule has 0 fully saturated rings. The van der Waals surface area contributed by atoms with Crippen molar-refractivity contribution < 1.29 is 19.0 Å². The van der Waals surface area contributed by atoms with Crippen molar-refractivity contribution in [3.8, 4) is 11.5 Å². The lowest BCUT2D eigenvalue weighted by Crippen LogP contribution is -2.11. The topological polar surface area (TPSA) is 93.5 Å². The average Bonchev–Trinajstić information content (AvgIpc) is 2.82. The standard InChI is InChI=1S/C23H22Cl4N4O4/c1-5-20(32)31-17-7-13(24)6-16(25)23(17)30-12-29-10-14(9-28-2)35-11-15-21(26)18(33-3)8-19(34-4)22(15)27/h5-10,30H,1-2,11-12H2,3-4H3,(H,31,32)/b14-9+,29-10-. The van der Waals surface area contributed by atoms with Crippen LogP contribution in [0.5, 0.6) is 11.5 Å². The van der Waals surface area contributed by atoms with Crippen molar-refractivity contribution in [1.29, 1.82) is 0 Å². The SMILES string of the molecule is C=CC(=O)Nc1cc(Cl)cc(Cl)c1NC/N=C\C(=C/N=C)OCc1c(Cl)c(OC)cc(OC)c1Cl. The average molecular weight is 560 g/mol. The zero-order valence-electron chi connectivity index (χ0n) is 18.8. The van der Waals surface area contributed by atoms with Gasteiger partial charge in [0.2, 0.25) is 5.91 Å². The van der Waals surface area contributed by atoms with Crippen LogP contribution in [0.15, 0.2) is 52.8 Å². The van der Waals surface area contributed by atoms with Gasteiger partial charge in [0, 0.05) is 16.7 Å². The van der Waals surface area contributed by atoms with E-state index in [9.17, 15) is 4.79 Å². The smallest absolute Gasteiger partial charge is 0.247 e. The van der Waals surface area contributed by atoms with Crippen LogP contribution >= 0.6 is 46.4 Å². The summed E-state index contributed by atoms with van der Waals surface area (Å²) < 4.78 is 16.3. The number of aliphatic imine (C=N–C) groups is 2. The summed E-state index contributed by atoms with van der Waals surface area (Å²) in [7, 11) is 2.96. The van der Waals surface area contributed by atoms with E-state index in [1.165, 1.54) is 32.7 Å². The Morgan fingerprint density at radius 3 is 2.31 bits per heavy atom. The first-order chi connectivity index (χ1) is 16.7. The number of hydrogen-bond acceptors (Lipinski definition) is 7. The molecule has 0 atom stereocenters. The molecule has 12 heteroatoms. The van der Waals surface area contributed by atoms with Crippen molar-refractivity contribution >= 4 is 76.6 Å². The quantitative estimate of drug-likeness (QED) is 0.173. The fourth-order valence-electron chi connectivity index (χ4n) is 2.71. The molecule has 0 bridgehead atoms. The molecule has 2 aromatic carbocycles. The zero-order valence-corrected chi connectivity index (χ0v) is 21.9.